The summed E-state index contributed by atoms with van der Waals surface area (Å²) in [5, 5.41) is 14.7. The molecule has 0 aliphatic carbocycles. The molecule has 1 aliphatic rings. The van der Waals surface area contributed by atoms with Crippen molar-refractivity contribution in [3.63, 3.8) is 0 Å². The van der Waals surface area contributed by atoms with Gasteiger partial charge in [0.1, 0.15) is 11.1 Å². The summed E-state index contributed by atoms with van der Waals surface area (Å²) in [6, 6.07) is 2.12. The topological polar surface area (TPSA) is 117 Å². The Morgan fingerprint density at radius 3 is 2.82 bits per heavy atom. The number of fused-ring (bicyclic) bond motifs is 1. The van der Waals surface area contributed by atoms with Crippen molar-refractivity contribution in [2.45, 2.75) is 32.5 Å². The number of rotatable bonds is 3. The molecule has 7 nitrogen and oxygen atoms in total. The second-order valence-corrected chi connectivity index (χ2v) is 6.65. The van der Waals surface area contributed by atoms with E-state index >= 15 is 0 Å². The van der Waals surface area contributed by atoms with E-state index in [9.17, 15) is 14.9 Å². The van der Waals surface area contributed by atoms with Crippen LogP contribution in [0.1, 0.15) is 29.9 Å². The maximum Gasteiger partial charge on any atom is 0.314 e. The van der Waals surface area contributed by atoms with Crippen LogP contribution in [0.15, 0.2) is 0 Å². The average Bonchev–Trinajstić information content (AvgIpc) is 2.79. The molecule has 1 aromatic heterocycles. The summed E-state index contributed by atoms with van der Waals surface area (Å²) < 4.78 is 5.71. The van der Waals surface area contributed by atoms with Crippen LogP contribution in [-0.4, -0.2) is 30.5 Å². The standard InChI is InChI=1S/C14H18N4O3S/c1-14(2)5-8-9(6-16)13(22-10(8)7-21-14)18-12(20)11(19)17-4-3-15/h3-5,7,15H2,1-2H3,(H,17,19)(H,18,20). The van der Waals surface area contributed by atoms with Crippen LogP contribution in [0, 0.1) is 11.3 Å². The number of thiophene rings is 1. The molecule has 1 aliphatic heterocycles. The molecule has 0 fully saturated rings. The number of hydrogen-bond acceptors (Lipinski definition) is 6. The van der Waals surface area contributed by atoms with E-state index in [-0.39, 0.29) is 18.7 Å². The molecular formula is C14H18N4O3S. The second kappa shape index (κ2) is 6.44. The highest BCUT2D eigenvalue weighted by Crippen LogP contribution is 2.39. The lowest BCUT2D eigenvalue weighted by Gasteiger charge is -2.29. The van der Waals surface area contributed by atoms with E-state index < -0.39 is 11.8 Å². The molecule has 0 aromatic carbocycles. The van der Waals surface area contributed by atoms with Crippen molar-refractivity contribution in [2.24, 2.45) is 5.73 Å². The molecule has 22 heavy (non-hydrogen) atoms. The van der Waals surface area contributed by atoms with Gasteiger partial charge in [0.05, 0.1) is 17.8 Å². The molecular weight excluding hydrogens is 304 g/mol. The number of nitrogens with two attached hydrogens (primary N) is 1. The molecule has 2 heterocycles. The van der Waals surface area contributed by atoms with Gasteiger partial charge in [-0.25, -0.2) is 0 Å². The highest BCUT2D eigenvalue weighted by molar-refractivity contribution is 7.16. The van der Waals surface area contributed by atoms with Crippen LogP contribution in [0.3, 0.4) is 0 Å². The van der Waals surface area contributed by atoms with Crippen LogP contribution < -0.4 is 16.4 Å². The van der Waals surface area contributed by atoms with Gasteiger partial charge in [0.25, 0.3) is 0 Å². The molecule has 2 rings (SSSR count). The molecule has 0 spiro atoms. The lowest BCUT2D eigenvalue weighted by molar-refractivity contribution is -0.136. The third-order valence-electron chi connectivity index (χ3n) is 3.26. The van der Waals surface area contributed by atoms with Gasteiger partial charge in [-0.3, -0.25) is 9.59 Å². The number of ether oxygens (including phenoxy) is 1. The lowest BCUT2D eigenvalue weighted by Crippen LogP contribution is -2.37. The number of carbonyl (C=O) groups excluding carboxylic acids is 2. The van der Waals surface area contributed by atoms with Crippen molar-refractivity contribution < 1.29 is 14.3 Å². The van der Waals surface area contributed by atoms with Gasteiger partial charge in [0.2, 0.25) is 0 Å². The monoisotopic (exact) mass is 322 g/mol. The van der Waals surface area contributed by atoms with Crippen LogP contribution in [0.25, 0.3) is 0 Å². The first-order valence-electron chi connectivity index (χ1n) is 6.86. The van der Waals surface area contributed by atoms with Gasteiger partial charge in [-0.15, -0.1) is 11.3 Å². The Labute approximate surface area is 132 Å². The molecule has 0 unspecified atom stereocenters. The summed E-state index contributed by atoms with van der Waals surface area (Å²) in [4.78, 5) is 24.3. The Morgan fingerprint density at radius 1 is 1.45 bits per heavy atom. The van der Waals surface area contributed by atoms with Gasteiger partial charge in [-0.2, -0.15) is 5.26 Å². The van der Waals surface area contributed by atoms with Crippen LogP contribution >= 0.6 is 11.3 Å². The average molecular weight is 322 g/mol. The summed E-state index contributed by atoms with van der Waals surface area (Å²) in [5.74, 6) is -1.57. The van der Waals surface area contributed by atoms with Crippen molar-refractivity contribution in [1.82, 2.24) is 5.32 Å². The van der Waals surface area contributed by atoms with Gasteiger partial charge < -0.3 is 21.1 Å². The first-order chi connectivity index (χ1) is 10.4. The summed E-state index contributed by atoms with van der Waals surface area (Å²) in [6.07, 6.45) is 0.594. The van der Waals surface area contributed by atoms with E-state index in [1.807, 2.05) is 13.8 Å². The van der Waals surface area contributed by atoms with Gasteiger partial charge in [-0.05, 0) is 19.4 Å². The SMILES string of the molecule is CC1(C)Cc2c(sc(NC(=O)C(=O)NCCN)c2C#N)CO1. The predicted molar refractivity (Wildman–Crippen MR) is 82.3 cm³/mol. The Hall–Kier alpha value is -1.95. The molecule has 0 saturated heterocycles. The Kier molecular flexibility index (Phi) is 4.81. The van der Waals surface area contributed by atoms with Gasteiger partial charge in [0, 0.05) is 24.4 Å². The van der Waals surface area contributed by atoms with Gasteiger partial charge in [-0.1, -0.05) is 0 Å². The first kappa shape index (κ1) is 16.4. The van der Waals surface area contributed by atoms with Crippen LogP contribution in [0.4, 0.5) is 5.00 Å². The minimum absolute atomic E-state index is 0.223. The maximum absolute atomic E-state index is 11.8. The molecule has 0 atom stereocenters. The van der Waals surface area contributed by atoms with Crippen molar-refractivity contribution >= 4 is 28.2 Å². The number of anilines is 1. The highest BCUT2D eigenvalue weighted by Gasteiger charge is 2.32. The number of nitrogens with zero attached hydrogens (tertiary/aromatic N) is 1. The van der Waals surface area contributed by atoms with E-state index in [1.54, 1.807) is 0 Å². The van der Waals surface area contributed by atoms with E-state index in [4.69, 9.17) is 10.5 Å². The molecule has 0 saturated carbocycles. The molecule has 4 N–H and O–H groups in total. The summed E-state index contributed by atoms with van der Waals surface area (Å²) in [7, 11) is 0. The summed E-state index contributed by atoms with van der Waals surface area (Å²) in [5.41, 5.74) is 6.22. The predicted octanol–water partition coefficient (Wildman–Crippen LogP) is 0.484. The molecule has 0 radical (unpaired) electrons. The number of amides is 2. The number of nitriles is 1. The van der Waals surface area contributed by atoms with E-state index in [2.05, 4.69) is 16.7 Å². The summed E-state index contributed by atoms with van der Waals surface area (Å²) >= 11 is 1.27. The Morgan fingerprint density at radius 2 is 2.18 bits per heavy atom. The molecule has 118 valence electrons. The largest absolute Gasteiger partial charge is 0.370 e. The van der Waals surface area contributed by atoms with Gasteiger partial charge in [0.15, 0.2) is 0 Å². The minimum Gasteiger partial charge on any atom is -0.370 e. The second-order valence-electron chi connectivity index (χ2n) is 5.54. The van der Waals surface area contributed by atoms with Crippen molar-refractivity contribution in [2.75, 3.05) is 18.4 Å². The number of nitrogens with one attached hydrogen (secondary N) is 2. The fourth-order valence-corrected chi connectivity index (χ4v) is 3.26. The Balaban J connectivity index is 2.20. The Bertz CT molecular complexity index is 645. The first-order valence-corrected chi connectivity index (χ1v) is 7.67. The molecule has 8 heteroatoms. The smallest absolute Gasteiger partial charge is 0.314 e. The maximum atomic E-state index is 11.8. The normalized spacial score (nSPS) is 15.5. The van der Waals surface area contributed by atoms with E-state index in [0.29, 0.717) is 23.6 Å². The van der Waals surface area contributed by atoms with Crippen LogP contribution in [0.5, 0.6) is 0 Å². The fourth-order valence-electron chi connectivity index (χ4n) is 2.19. The van der Waals surface area contributed by atoms with Gasteiger partial charge >= 0.3 is 11.8 Å². The molecule has 1 aromatic rings. The molecule has 0 bridgehead atoms. The van der Waals surface area contributed by atoms with E-state index in [1.165, 1.54) is 11.3 Å². The zero-order chi connectivity index (χ0) is 16.3. The zero-order valence-corrected chi connectivity index (χ0v) is 13.3. The summed E-state index contributed by atoms with van der Waals surface area (Å²) in [6.45, 7) is 4.78. The number of hydrogen-bond donors (Lipinski definition) is 3. The lowest BCUT2D eigenvalue weighted by atomic mass is 9.93. The van der Waals surface area contributed by atoms with Crippen LogP contribution in [0.2, 0.25) is 0 Å². The van der Waals surface area contributed by atoms with Crippen molar-refractivity contribution in [3.05, 3.63) is 16.0 Å². The zero-order valence-electron chi connectivity index (χ0n) is 12.5. The molecule has 2 amide bonds. The third kappa shape index (κ3) is 3.44. The van der Waals surface area contributed by atoms with E-state index in [0.717, 1.165) is 10.4 Å². The quantitative estimate of drug-likeness (QED) is 0.700. The third-order valence-corrected chi connectivity index (χ3v) is 4.38. The fraction of sp³-hybridized carbons (Fsp3) is 0.500. The minimum atomic E-state index is -0.802. The van der Waals surface area contributed by atoms with Crippen molar-refractivity contribution in [3.8, 4) is 6.07 Å². The highest BCUT2D eigenvalue weighted by atomic mass is 32.1. The number of carbonyl (C=O) groups is 2. The van der Waals surface area contributed by atoms with Crippen LogP contribution in [-0.2, 0) is 27.4 Å². The van der Waals surface area contributed by atoms with Crippen molar-refractivity contribution in [1.29, 1.82) is 5.26 Å².